The van der Waals surface area contributed by atoms with Crippen LogP contribution < -0.4 is 10.6 Å². The molecule has 0 aliphatic heterocycles. The lowest BCUT2D eigenvalue weighted by molar-refractivity contribution is 0.111. The second-order valence-electron chi connectivity index (χ2n) is 6.71. The molecule has 5 nitrogen and oxygen atoms in total. The third-order valence-corrected chi connectivity index (χ3v) is 4.67. The number of halogens is 1. The lowest BCUT2D eigenvalue weighted by Gasteiger charge is -2.21. The van der Waals surface area contributed by atoms with Gasteiger partial charge in [-0.05, 0) is 64.0 Å². The highest BCUT2D eigenvalue weighted by atomic mass is 19.1. The lowest BCUT2D eigenvalue weighted by atomic mass is 10.1. The van der Waals surface area contributed by atoms with Crippen LogP contribution >= 0.6 is 0 Å². The van der Waals surface area contributed by atoms with Crippen LogP contribution in [0.15, 0.2) is 29.3 Å². The monoisotopic (exact) mass is 380 g/mol. The molecule has 6 heteroatoms. The van der Waals surface area contributed by atoms with Gasteiger partial charge in [-0.3, -0.25) is 4.99 Å². The molecule has 0 aromatic heterocycles. The Kier molecular flexibility index (Phi) is 11.7. The summed E-state index contributed by atoms with van der Waals surface area (Å²) >= 11 is 0. The number of rotatable bonds is 12. The molecule has 27 heavy (non-hydrogen) atoms. The van der Waals surface area contributed by atoms with Crippen LogP contribution in [0.1, 0.15) is 52.2 Å². The molecule has 0 aliphatic carbocycles. The molecule has 0 saturated carbocycles. The van der Waals surface area contributed by atoms with Gasteiger partial charge in [-0.25, -0.2) is 4.39 Å². The molecule has 2 N–H and O–H groups in total. The third-order valence-electron chi connectivity index (χ3n) is 4.67. The van der Waals surface area contributed by atoms with Gasteiger partial charge in [0, 0.05) is 19.7 Å². The van der Waals surface area contributed by atoms with Crippen molar-refractivity contribution >= 4 is 5.96 Å². The molecule has 0 saturated heterocycles. The Hall–Kier alpha value is -1.66. The maximum Gasteiger partial charge on any atom is 0.191 e. The van der Waals surface area contributed by atoms with Gasteiger partial charge in [0.15, 0.2) is 5.96 Å². The standard InChI is InChI=1S/C21H37FN4O/c1-6-23-21(25-17(4)10-9-15-26(7-2)8-3)24-16-20(27-5)18-11-13-19(22)14-12-18/h11-14,17,20H,6-10,15-16H2,1-5H3,(H2,23,24,25). The fourth-order valence-corrected chi connectivity index (χ4v) is 2.95. The molecule has 0 spiro atoms. The van der Waals surface area contributed by atoms with E-state index in [4.69, 9.17) is 4.74 Å². The zero-order valence-corrected chi connectivity index (χ0v) is 17.6. The van der Waals surface area contributed by atoms with Crippen molar-refractivity contribution in [2.45, 2.75) is 52.7 Å². The fraction of sp³-hybridized carbons (Fsp3) is 0.667. The van der Waals surface area contributed by atoms with E-state index < -0.39 is 0 Å². The first kappa shape index (κ1) is 23.4. The first-order chi connectivity index (χ1) is 13.0. The van der Waals surface area contributed by atoms with E-state index in [2.05, 4.69) is 48.2 Å². The largest absolute Gasteiger partial charge is 0.375 e. The Bertz CT molecular complexity index is 531. The quantitative estimate of drug-likeness (QED) is 0.430. The van der Waals surface area contributed by atoms with Crippen molar-refractivity contribution in [1.29, 1.82) is 0 Å². The molecule has 1 aromatic rings. The summed E-state index contributed by atoms with van der Waals surface area (Å²) in [5.41, 5.74) is 0.922. The van der Waals surface area contributed by atoms with Crippen molar-refractivity contribution in [3.63, 3.8) is 0 Å². The molecule has 0 amide bonds. The van der Waals surface area contributed by atoms with Crippen molar-refractivity contribution in [3.05, 3.63) is 35.6 Å². The number of hydrogen-bond acceptors (Lipinski definition) is 3. The van der Waals surface area contributed by atoms with Crippen LogP contribution in [-0.2, 0) is 4.74 Å². The highest BCUT2D eigenvalue weighted by Crippen LogP contribution is 2.17. The van der Waals surface area contributed by atoms with Gasteiger partial charge in [0.25, 0.3) is 0 Å². The number of methoxy groups -OCH3 is 1. The minimum atomic E-state index is -0.245. The highest BCUT2D eigenvalue weighted by Gasteiger charge is 2.12. The minimum absolute atomic E-state index is 0.195. The summed E-state index contributed by atoms with van der Waals surface area (Å²) < 4.78 is 18.7. The zero-order valence-electron chi connectivity index (χ0n) is 17.6. The van der Waals surface area contributed by atoms with Crippen LogP contribution in [0.3, 0.4) is 0 Å². The molecule has 1 rings (SSSR count). The Morgan fingerprint density at radius 2 is 1.85 bits per heavy atom. The number of benzene rings is 1. The fourth-order valence-electron chi connectivity index (χ4n) is 2.95. The molecule has 2 unspecified atom stereocenters. The molecule has 0 fully saturated rings. The van der Waals surface area contributed by atoms with E-state index in [1.54, 1.807) is 19.2 Å². The molecule has 154 valence electrons. The van der Waals surface area contributed by atoms with E-state index in [-0.39, 0.29) is 11.9 Å². The highest BCUT2D eigenvalue weighted by molar-refractivity contribution is 5.80. The van der Waals surface area contributed by atoms with Crippen LogP contribution in [0.25, 0.3) is 0 Å². The van der Waals surface area contributed by atoms with Gasteiger partial charge in [0.1, 0.15) is 11.9 Å². The number of hydrogen-bond donors (Lipinski definition) is 2. The number of ether oxygens (including phenoxy) is 1. The van der Waals surface area contributed by atoms with E-state index in [0.29, 0.717) is 12.6 Å². The van der Waals surface area contributed by atoms with Gasteiger partial charge < -0.3 is 20.3 Å². The van der Waals surface area contributed by atoms with Gasteiger partial charge in [-0.15, -0.1) is 0 Å². The molecule has 0 aliphatic rings. The maximum atomic E-state index is 13.1. The summed E-state index contributed by atoms with van der Waals surface area (Å²) in [6, 6.07) is 6.73. The number of nitrogens with one attached hydrogen (secondary N) is 2. The second-order valence-corrected chi connectivity index (χ2v) is 6.71. The molecular formula is C21H37FN4O. The zero-order chi connectivity index (χ0) is 20.1. The Labute approximate surface area is 164 Å². The van der Waals surface area contributed by atoms with Crippen LogP contribution in [0.4, 0.5) is 4.39 Å². The molecule has 0 heterocycles. The SMILES string of the molecule is CCNC(=NCC(OC)c1ccc(F)cc1)NC(C)CCCN(CC)CC. The van der Waals surface area contributed by atoms with Crippen molar-refractivity contribution < 1.29 is 9.13 Å². The second kappa shape index (κ2) is 13.5. The van der Waals surface area contributed by atoms with E-state index >= 15 is 0 Å². The summed E-state index contributed by atoms with van der Waals surface area (Å²) in [5, 5.41) is 6.76. The van der Waals surface area contributed by atoms with Crippen molar-refractivity contribution in [2.24, 2.45) is 4.99 Å². The summed E-state index contributed by atoms with van der Waals surface area (Å²) in [5.74, 6) is 0.544. The van der Waals surface area contributed by atoms with E-state index in [1.807, 2.05) is 0 Å². The van der Waals surface area contributed by atoms with Gasteiger partial charge in [0.2, 0.25) is 0 Å². The minimum Gasteiger partial charge on any atom is -0.375 e. The third kappa shape index (κ3) is 9.20. The van der Waals surface area contributed by atoms with Crippen LogP contribution in [0.2, 0.25) is 0 Å². The molecule has 0 bridgehead atoms. The summed E-state index contributed by atoms with van der Waals surface area (Å²) in [4.78, 5) is 7.11. The first-order valence-electron chi connectivity index (χ1n) is 10.1. The Morgan fingerprint density at radius 1 is 1.19 bits per heavy atom. The van der Waals surface area contributed by atoms with Gasteiger partial charge in [-0.1, -0.05) is 26.0 Å². The molecular weight excluding hydrogens is 343 g/mol. The average molecular weight is 381 g/mol. The normalized spacial score (nSPS) is 14.3. The predicted octanol–water partition coefficient (Wildman–Crippen LogP) is 3.58. The maximum absolute atomic E-state index is 13.1. The Morgan fingerprint density at radius 3 is 2.41 bits per heavy atom. The first-order valence-corrected chi connectivity index (χ1v) is 10.1. The Balaban J connectivity index is 2.58. The van der Waals surface area contributed by atoms with Crippen LogP contribution in [0.5, 0.6) is 0 Å². The summed E-state index contributed by atoms with van der Waals surface area (Å²) in [6.07, 6.45) is 2.05. The van der Waals surface area contributed by atoms with E-state index in [0.717, 1.165) is 50.5 Å². The van der Waals surface area contributed by atoms with Crippen LogP contribution in [0, 0.1) is 5.82 Å². The smallest absolute Gasteiger partial charge is 0.191 e. The van der Waals surface area contributed by atoms with Crippen LogP contribution in [-0.4, -0.2) is 56.7 Å². The predicted molar refractivity (Wildman–Crippen MR) is 112 cm³/mol. The molecule has 1 aromatic carbocycles. The topological polar surface area (TPSA) is 48.9 Å². The summed E-state index contributed by atoms with van der Waals surface area (Å²) in [6.45, 7) is 13.2. The van der Waals surface area contributed by atoms with E-state index in [1.165, 1.54) is 12.1 Å². The lowest BCUT2D eigenvalue weighted by Crippen LogP contribution is -2.42. The van der Waals surface area contributed by atoms with Gasteiger partial charge in [-0.2, -0.15) is 0 Å². The summed E-state index contributed by atoms with van der Waals surface area (Å²) in [7, 11) is 1.65. The number of nitrogens with zero attached hydrogens (tertiary/aromatic N) is 2. The number of guanidine groups is 1. The van der Waals surface area contributed by atoms with Gasteiger partial charge >= 0.3 is 0 Å². The van der Waals surface area contributed by atoms with Crippen molar-refractivity contribution in [2.75, 3.05) is 39.8 Å². The molecule has 2 atom stereocenters. The van der Waals surface area contributed by atoms with Crippen molar-refractivity contribution in [3.8, 4) is 0 Å². The number of aliphatic imine (C=N–C) groups is 1. The van der Waals surface area contributed by atoms with E-state index in [9.17, 15) is 4.39 Å². The average Bonchev–Trinajstić information content (AvgIpc) is 2.67. The molecule has 0 radical (unpaired) electrons. The van der Waals surface area contributed by atoms with Crippen molar-refractivity contribution in [1.82, 2.24) is 15.5 Å². The van der Waals surface area contributed by atoms with Gasteiger partial charge in [0.05, 0.1) is 6.54 Å².